The highest BCUT2D eigenvalue weighted by Crippen LogP contribution is 2.32. The van der Waals surface area contributed by atoms with Crippen molar-refractivity contribution >= 4 is 17.7 Å². The minimum atomic E-state index is -0.585. The Bertz CT molecular complexity index is 807. The summed E-state index contributed by atoms with van der Waals surface area (Å²) in [5.74, 6) is -0.0377. The fourth-order valence-corrected chi connectivity index (χ4v) is 4.60. The maximum absolute atomic E-state index is 12.8. The molecule has 7 nitrogen and oxygen atoms in total. The minimum absolute atomic E-state index is 0.144. The number of hydrogen-bond donors (Lipinski definition) is 1. The third-order valence-electron chi connectivity index (χ3n) is 6.11. The standard InChI is InChI=1S/C21H27N3O4/c1-23(2)16-5-3-4-6-18(16)28-14-7-8-15-13(11-14)12-24(21(15)27)17-9-10-19(25)22-20(17)26/h7-8,11,16-18H,3-6,9-10,12H2,1-2H3,(H,22,25,26)/t16-,17?,18+/m1/s1. The average molecular weight is 385 g/mol. The molecule has 4 rings (SSSR count). The highest BCUT2D eigenvalue weighted by Gasteiger charge is 2.39. The Labute approximate surface area is 165 Å². The van der Waals surface area contributed by atoms with E-state index in [4.69, 9.17) is 4.74 Å². The molecule has 0 spiro atoms. The molecule has 2 heterocycles. The Morgan fingerprint density at radius 3 is 2.64 bits per heavy atom. The number of imide groups is 1. The van der Waals surface area contributed by atoms with E-state index in [2.05, 4.69) is 24.3 Å². The van der Waals surface area contributed by atoms with Crippen molar-refractivity contribution in [3.63, 3.8) is 0 Å². The Kier molecular flexibility index (Phi) is 5.10. The number of nitrogens with zero attached hydrogens (tertiary/aromatic N) is 2. The quantitative estimate of drug-likeness (QED) is 0.798. The van der Waals surface area contributed by atoms with Crippen LogP contribution in [0.15, 0.2) is 18.2 Å². The van der Waals surface area contributed by atoms with Crippen LogP contribution in [0.2, 0.25) is 0 Å². The van der Waals surface area contributed by atoms with Gasteiger partial charge in [-0.05, 0) is 63.5 Å². The number of carbonyl (C=O) groups is 3. The maximum atomic E-state index is 12.8. The number of hydrogen-bond acceptors (Lipinski definition) is 5. The van der Waals surface area contributed by atoms with Gasteiger partial charge in [0.1, 0.15) is 17.9 Å². The lowest BCUT2D eigenvalue weighted by atomic mass is 9.91. The predicted molar refractivity (Wildman–Crippen MR) is 103 cm³/mol. The van der Waals surface area contributed by atoms with Gasteiger partial charge in [-0.1, -0.05) is 6.42 Å². The van der Waals surface area contributed by atoms with E-state index in [-0.39, 0.29) is 30.2 Å². The van der Waals surface area contributed by atoms with E-state index in [0.29, 0.717) is 24.6 Å². The van der Waals surface area contributed by atoms with Gasteiger partial charge in [0.05, 0.1) is 0 Å². The Hall–Kier alpha value is -2.41. The monoisotopic (exact) mass is 385 g/mol. The van der Waals surface area contributed by atoms with Crippen molar-refractivity contribution in [3.05, 3.63) is 29.3 Å². The summed E-state index contributed by atoms with van der Waals surface area (Å²) >= 11 is 0. The predicted octanol–water partition coefficient (Wildman–Crippen LogP) is 1.70. The molecule has 1 saturated carbocycles. The maximum Gasteiger partial charge on any atom is 0.255 e. The molecule has 0 bridgehead atoms. The summed E-state index contributed by atoms with van der Waals surface area (Å²) in [6, 6.07) is 5.39. The second-order valence-electron chi connectivity index (χ2n) is 8.19. The van der Waals surface area contributed by atoms with E-state index < -0.39 is 6.04 Å². The summed E-state index contributed by atoms with van der Waals surface area (Å²) in [6.45, 7) is 0.374. The number of benzene rings is 1. The number of piperidine rings is 1. The first-order valence-corrected chi connectivity index (χ1v) is 10.0. The highest BCUT2D eigenvalue weighted by atomic mass is 16.5. The number of fused-ring (bicyclic) bond motifs is 1. The summed E-state index contributed by atoms with van der Waals surface area (Å²) in [6.07, 6.45) is 5.33. The summed E-state index contributed by atoms with van der Waals surface area (Å²) < 4.78 is 6.31. The van der Waals surface area contributed by atoms with Gasteiger partial charge in [0, 0.05) is 24.6 Å². The van der Waals surface area contributed by atoms with Gasteiger partial charge in [-0.15, -0.1) is 0 Å². The summed E-state index contributed by atoms with van der Waals surface area (Å²) in [7, 11) is 4.18. The van der Waals surface area contributed by atoms with Gasteiger partial charge in [-0.25, -0.2) is 0 Å². The number of likely N-dealkylation sites (N-methyl/N-ethyl adjacent to an activating group) is 1. The van der Waals surface area contributed by atoms with Crippen molar-refractivity contribution < 1.29 is 19.1 Å². The van der Waals surface area contributed by atoms with Crippen molar-refractivity contribution in [3.8, 4) is 5.75 Å². The van der Waals surface area contributed by atoms with Crippen LogP contribution >= 0.6 is 0 Å². The molecule has 3 amide bonds. The Morgan fingerprint density at radius 2 is 1.89 bits per heavy atom. The van der Waals surface area contributed by atoms with Gasteiger partial charge in [-0.3, -0.25) is 19.7 Å². The smallest absolute Gasteiger partial charge is 0.255 e. The summed E-state index contributed by atoms with van der Waals surface area (Å²) in [4.78, 5) is 40.1. The van der Waals surface area contributed by atoms with Gasteiger partial charge in [-0.2, -0.15) is 0 Å². The zero-order valence-corrected chi connectivity index (χ0v) is 16.4. The molecular weight excluding hydrogens is 358 g/mol. The molecule has 0 radical (unpaired) electrons. The van der Waals surface area contributed by atoms with Crippen LogP contribution in [0.5, 0.6) is 5.75 Å². The summed E-state index contributed by atoms with van der Waals surface area (Å²) in [5.41, 5.74) is 1.49. The average Bonchev–Trinajstić information content (AvgIpc) is 2.98. The van der Waals surface area contributed by atoms with Crippen molar-refractivity contribution in [1.82, 2.24) is 15.1 Å². The highest BCUT2D eigenvalue weighted by molar-refractivity contribution is 6.05. The van der Waals surface area contributed by atoms with Crippen LogP contribution in [-0.4, -0.2) is 59.8 Å². The lowest BCUT2D eigenvalue weighted by molar-refractivity contribution is -0.136. The van der Waals surface area contributed by atoms with Crippen LogP contribution < -0.4 is 10.1 Å². The Morgan fingerprint density at radius 1 is 1.11 bits per heavy atom. The van der Waals surface area contributed by atoms with E-state index in [1.165, 1.54) is 12.8 Å². The SMILES string of the molecule is CN(C)[C@@H]1CCCC[C@@H]1Oc1ccc2c(c1)CN(C1CCC(=O)NC1=O)C2=O. The fourth-order valence-electron chi connectivity index (χ4n) is 4.60. The summed E-state index contributed by atoms with van der Waals surface area (Å²) in [5, 5.41) is 2.33. The van der Waals surface area contributed by atoms with Crippen molar-refractivity contribution in [2.75, 3.05) is 14.1 Å². The first-order valence-electron chi connectivity index (χ1n) is 10.0. The molecule has 1 aliphatic carbocycles. The van der Waals surface area contributed by atoms with Crippen LogP contribution in [0.4, 0.5) is 0 Å². The molecule has 1 unspecified atom stereocenters. The van der Waals surface area contributed by atoms with Gasteiger partial charge >= 0.3 is 0 Å². The molecule has 3 aliphatic rings. The minimum Gasteiger partial charge on any atom is -0.489 e. The van der Waals surface area contributed by atoms with E-state index in [1.807, 2.05) is 12.1 Å². The number of carbonyl (C=O) groups excluding carboxylic acids is 3. The van der Waals surface area contributed by atoms with Crippen LogP contribution in [-0.2, 0) is 16.1 Å². The molecule has 1 aromatic carbocycles. The topological polar surface area (TPSA) is 79.0 Å². The number of nitrogens with one attached hydrogen (secondary N) is 1. The largest absolute Gasteiger partial charge is 0.489 e. The van der Waals surface area contributed by atoms with Crippen LogP contribution in [0.25, 0.3) is 0 Å². The van der Waals surface area contributed by atoms with E-state index >= 15 is 0 Å². The normalized spacial score (nSPS) is 27.8. The van der Waals surface area contributed by atoms with Gasteiger partial charge in [0.15, 0.2) is 0 Å². The first kappa shape index (κ1) is 18.9. The van der Waals surface area contributed by atoms with Crippen LogP contribution in [0, 0.1) is 0 Å². The number of ether oxygens (including phenoxy) is 1. The van der Waals surface area contributed by atoms with E-state index in [9.17, 15) is 14.4 Å². The molecule has 2 fully saturated rings. The molecule has 1 aromatic rings. The molecule has 0 aromatic heterocycles. The van der Waals surface area contributed by atoms with E-state index in [0.717, 1.165) is 24.2 Å². The van der Waals surface area contributed by atoms with Gasteiger partial charge < -0.3 is 14.5 Å². The zero-order valence-electron chi connectivity index (χ0n) is 16.4. The van der Waals surface area contributed by atoms with Crippen molar-refractivity contribution in [2.45, 2.75) is 63.3 Å². The molecule has 1 saturated heterocycles. The van der Waals surface area contributed by atoms with Crippen molar-refractivity contribution in [1.29, 1.82) is 0 Å². The van der Waals surface area contributed by atoms with Crippen molar-refractivity contribution in [2.24, 2.45) is 0 Å². The lowest BCUT2D eigenvalue weighted by Crippen LogP contribution is -2.52. The molecule has 2 aliphatic heterocycles. The lowest BCUT2D eigenvalue weighted by Gasteiger charge is -2.36. The molecular formula is C21H27N3O4. The Balaban J connectivity index is 1.49. The molecule has 150 valence electrons. The molecule has 7 heteroatoms. The number of rotatable bonds is 4. The fraction of sp³-hybridized carbons (Fsp3) is 0.571. The molecule has 28 heavy (non-hydrogen) atoms. The molecule has 1 N–H and O–H groups in total. The third kappa shape index (κ3) is 3.51. The van der Waals surface area contributed by atoms with Gasteiger partial charge in [0.25, 0.3) is 5.91 Å². The second-order valence-corrected chi connectivity index (χ2v) is 8.19. The number of amides is 3. The van der Waals surface area contributed by atoms with Crippen LogP contribution in [0.1, 0.15) is 54.4 Å². The van der Waals surface area contributed by atoms with E-state index in [1.54, 1.807) is 11.0 Å². The van der Waals surface area contributed by atoms with Gasteiger partial charge in [0.2, 0.25) is 11.8 Å². The first-order chi connectivity index (χ1) is 13.4. The zero-order chi connectivity index (χ0) is 19.8. The van der Waals surface area contributed by atoms with Crippen LogP contribution in [0.3, 0.4) is 0 Å². The second kappa shape index (κ2) is 7.54. The molecule has 3 atom stereocenters. The third-order valence-corrected chi connectivity index (χ3v) is 6.11.